The topological polar surface area (TPSA) is 68.3 Å². The van der Waals surface area contributed by atoms with Crippen LogP contribution in [0.4, 0.5) is 0 Å². The molecule has 1 aromatic heterocycles. The summed E-state index contributed by atoms with van der Waals surface area (Å²) in [5.41, 5.74) is 1.10. The zero-order valence-electron chi connectivity index (χ0n) is 10.5. The summed E-state index contributed by atoms with van der Waals surface area (Å²) in [5.74, 6) is -0.809. The van der Waals surface area contributed by atoms with E-state index in [1.54, 1.807) is 42.6 Å². The van der Waals surface area contributed by atoms with E-state index in [-0.39, 0.29) is 11.9 Å². The van der Waals surface area contributed by atoms with Gasteiger partial charge in [0.2, 0.25) is 6.10 Å². The number of carbonyl (C=O) groups is 2. The van der Waals surface area contributed by atoms with Gasteiger partial charge in [0.15, 0.2) is 0 Å². The quantitative estimate of drug-likeness (QED) is 0.676. The van der Waals surface area contributed by atoms with E-state index in [0.717, 1.165) is 0 Å². The van der Waals surface area contributed by atoms with E-state index in [0.29, 0.717) is 11.3 Å². The van der Waals surface area contributed by atoms with Crippen molar-refractivity contribution in [2.24, 2.45) is 0 Å². The number of esters is 1. The largest absolute Gasteiger partial charge is 0.446 e. The third-order valence-electron chi connectivity index (χ3n) is 3.11. The molecule has 1 aliphatic heterocycles. The second kappa shape index (κ2) is 5.13. The standard InChI is InChI=1S/C15H12N2O3/c18-14-13(12(17-14)11-8-4-5-9-16-11)20-15(19)10-6-2-1-3-7-10/h1-9,12-13H,(H,17,18)/t12-,13-/m0/s1. The smallest absolute Gasteiger partial charge is 0.339 e. The van der Waals surface area contributed by atoms with Crippen LogP contribution in [-0.2, 0) is 9.53 Å². The van der Waals surface area contributed by atoms with E-state index in [1.165, 1.54) is 0 Å². The van der Waals surface area contributed by atoms with Crippen molar-refractivity contribution < 1.29 is 14.3 Å². The van der Waals surface area contributed by atoms with Crippen molar-refractivity contribution in [3.05, 3.63) is 66.0 Å². The van der Waals surface area contributed by atoms with E-state index >= 15 is 0 Å². The highest BCUT2D eigenvalue weighted by Crippen LogP contribution is 2.26. The number of aromatic nitrogens is 1. The molecule has 0 unspecified atom stereocenters. The summed E-state index contributed by atoms with van der Waals surface area (Å²) in [4.78, 5) is 27.7. The Morgan fingerprint density at radius 3 is 2.50 bits per heavy atom. The molecule has 0 saturated carbocycles. The molecule has 0 aliphatic carbocycles. The number of amides is 1. The van der Waals surface area contributed by atoms with Gasteiger partial charge < -0.3 is 10.1 Å². The lowest BCUT2D eigenvalue weighted by molar-refractivity contribution is -0.143. The molecule has 0 bridgehead atoms. The van der Waals surface area contributed by atoms with Gasteiger partial charge >= 0.3 is 5.97 Å². The summed E-state index contributed by atoms with van der Waals surface area (Å²) >= 11 is 0. The second-order valence-corrected chi connectivity index (χ2v) is 4.43. The number of benzene rings is 1. The van der Waals surface area contributed by atoms with Crippen LogP contribution in [0.25, 0.3) is 0 Å². The number of hydrogen-bond donors (Lipinski definition) is 1. The molecule has 2 heterocycles. The molecule has 0 radical (unpaired) electrons. The van der Waals surface area contributed by atoms with Crippen molar-refractivity contribution in [2.45, 2.75) is 12.1 Å². The number of ether oxygens (including phenoxy) is 1. The average Bonchev–Trinajstić information content (AvgIpc) is 2.51. The van der Waals surface area contributed by atoms with Crippen molar-refractivity contribution in [2.75, 3.05) is 0 Å². The van der Waals surface area contributed by atoms with E-state index in [4.69, 9.17) is 4.74 Å². The van der Waals surface area contributed by atoms with Gasteiger partial charge in [-0.15, -0.1) is 0 Å². The highest BCUT2D eigenvalue weighted by molar-refractivity contribution is 5.95. The summed E-state index contributed by atoms with van der Waals surface area (Å²) in [7, 11) is 0. The van der Waals surface area contributed by atoms with Gasteiger partial charge in [-0.2, -0.15) is 0 Å². The van der Waals surface area contributed by atoms with Crippen molar-refractivity contribution in [1.29, 1.82) is 0 Å². The zero-order valence-corrected chi connectivity index (χ0v) is 10.5. The Bertz CT molecular complexity index is 628. The van der Waals surface area contributed by atoms with Gasteiger partial charge in [0.1, 0.15) is 6.04 Å². The van der Waals surface area contributed by atoms with E-state index in [2.05, 4.69) is 10.3 Å². The Morgan fingerprint density at radius 1 is 1.10 bits per heavy atom. The van der Waals surface area contributed by atoms with Crippen molar-refractivity contribution in [3.8, 4) is 0 Å². The minimum Gasteiger partial charge on any atom is -0.446 e. The normalized spacial score (nSPS) is 20.7. The zero-order chi connectivity index (χ0) is 13.9. The Morgan fingerprint density at radius 2 is 1.85 bits per heavy atom. The molecule has 2 atom stereocenters. The van der Waals surface area contributed by atoms with Gasteiger partial charge in [-0.3, -0.25) is 9.78 Å². The molecule has 3 rings (SSSR count). The maximum Gasteiger partial charge on any atom is 0.339 e. The van der Waals surface area contributed by atoms with Crippen LogP contribution in [0.2, 0.25) is 0 Å². The number of hydrogen-bond acceptors (Lipinski definition) is 4. The van der Waals surface area contributed by atoms with E-state index in [9.17, 15) is 9.59 Å². The first-order valence-corrected chi connectivity index (χ1v) is 6.23. The van der Waals surface area contributed by atoms with Crippen LogP contribution < -0.4 is 5.32 Å². The molecular formula is C15H12N2O3. The van der Waals surface area contributed by atoms with Crippen LogP contribution in [0.1, 0.15) is 22.1 Å². The Labute approximate surface area is 115 Å². The fourth-order valence-electron chi connectivity index (χ4n) is 2.03. The molecule has 1 fully saturated rings. The van der Waals surface area contributed by atoms with Crippen LogP contribution in [0.3, 0.4) is 0 Å². The molecule has 5 heteroatoms. The lowest BCUT2D eigenvalue weighted by Gasteiger charge is -2.35. The first kappa shape index (κ1) is 12.3. The Kier molecular flexibility index (Phi) is 3.16. The molecule has 0 spiro atoms. The maximum absolute atomic E-state index is 11.9. The fourth-order valence-corrected chi connectivity index (χ4v) is 2.03. The number of nitrogens with zero attached hydrogens (tertiary/aromatic N) is 1. The van der Waals surface area contributed by atoms with Crippen LogP contribution >= 0.6 is 0 Å². The number of nitrogens with one attached hydrogen (secondary N) is 1. The van der Waals surface area contributed by atoms with Gasteiger partial charge in [0, 0.05) is 6.20 Å². The van der Waals surface area contributed by atoms with Gasteiger partial charge in [-0.25, -0.2) is 4.79 Å². The van der Waals surface area contributed by atoms with E-state index in [1.807, 2.05) is 12.1 Å². The van der Waals surface area contributed by atoms with Crippen molar-refractivity contribution >= 4 is 11.9 Å². The molecule has 5 nitrogen and oxygen atoms in total. The predicted molar refractivity (Wildman–Crippen MR) is 70.8 cm³/mol. The Hall–Kier alpha value is -2.69. The SMILES string of the molecule is O=C(O[C@@H]1C(=O)N[C@H]1c1ccccn1)c1ccccc1. The Balaban J connectivity index is 1.73. The monoisotopic (exact) mass is 268 g/mol. The molecule has 20 heavy (non-hydrogen) atoms. The van der Waals surface area contributed by atoms with Crippen LogP contribution in [0.5, 0.6) is 0 Å². The first-order chi connectivity index (χ1) is 9.75. The summed E-state index contributed by atoms with van der Waals surface area (Å²) in [6, 6.07) is 13.6. The summed E-state index contributed by atoms with van der Waals surface area (Å²) in [6.07, 6.45) is 0.813. The summed E-state index contributed by atoms with van der Waals surface area (Å²) in [5, 5.41) is 2.69. The minimum absolute atomic E-state index is 0.301. The van der Waals surface area contributed by atoms with Gasteiger partial charge in [-0.1, -0.05) is 24.3 Å². The number of pyridine rings is 1. The molecule has 1 N–H and O–H groups in total. The number of rotatable bonds is 3. The van der Waals surface area contributed by atoms with Crippen LogP contribution in [0.15, 0.2) is 54.7 Å². The fraction of sp³-hybridized carbons (Fsp3) is 0.133. The summed E-state index contributed by atoms with van der Waals surface area (Å²) in [6.45, 7) is 0. The van der Waals surface area contributed by atoms with E-state index < -0.39 is 12.1 Å². The molecular weight excluding hydrogens is 256 g/mol. The lowest BCUT2D eigenvalue weighted by atomic mass is 9.98. The third kappa shape index (κ3) is 2.25. The van der Waals surface area contributed by atoms with Crippen molar-refractivity contribution in [1.82, 2.24) is 10.3 Å². The second-order valence-electron chi connectivity index (χ2n) is 4.43. The van der Waals surface area contributed by atoms with Gasteiger partial charge in [-0.05, 0) is 24.3 Å². The molecule has 1 amide bonds. The molecule has 100 valence electrons. The lowest BCUT2D eigenvalue weighted by Crippen LogP contribution is -2.58. The minimum atomic E-state index is -0.822. The van der Waals surface area contributed by atoms with Gasteiger partial charge in [0.25, 0.3) is 5.91 Å². The van der Waals surface area contributed by atoms with Crippen LogP contribution in [0, 0.1) is 0 Å². The highest BCUT2D eigenvalue weighted by Gasteiger charge is 2.44. The third-order valence-corrected chi connectivity index (χ3v) is 3.11. The maximum atomic E-state index is 11.9. The molecule has 1 saturated heterocycles. The predicted octanol–water partition coefficient (Wildman–Crippen LogP) is 1.48. The average molecular weight is 268 g/mol. The number of carbonyl (C=O) groups excluding carboxylic acids is 2. The molecule has 1 aliphatic rings. The highest BCUT2D eigenvalue weighted by atomic mass is 16.6. The van der Waals surface area contributed by atoms with Crippen molar-refractivity contribution in [3.63, 3.8) is 0 Å². The van der Waals surface area contributed by atoms with Crippen LogP contribution in [-0.4, -0.2) is 23.0 Å². The number of β-lactam (4-membered cyclic amide) rings is 1. The van der Waals surface area contributed by atoms with Gasteiger partial charge in [0.05, 0.1) is 11.3 Å². The molecule has 2 aromatic rings. The molecule has 1 aromatic carbocycles. The first-order valence-electron chi connectivity index (χ1n) is 6.23. The summed E-state index contributed by atoms with van der Waals surface area (Å²) < 4.78 is 5.26.